The van der Waals surface area contributed by atoms with Gasteiger partial charge in [0.2, 0.25) is 5.91 Å². The average Bonchev–Trinajstić information content (AvgIpc) is 3.17. The van der Waals surface area contributed by atoms with Gasteiger partial charge in [0, 0.05) is 25.6 Å². The second-order valence-corrected chi connectivity index (χ2v) is 6.57. The molecule has 1 heterocycles. The number of ether oxygens (including phenoxy) is 1. The first-order valence-electron chi connectivity index (χ1n) is 8.92. The normalized spacial score (nSPS) is 22.8. The van der Waals surface area contributed by atoms with Crippen molar-refractivity contribution >= 4 is 5.91 Å². The SMILES string of the molecule is NCCCCCCC(=O)N(CC1CCCO1)C1CCCC1. The van der Waals surface area contributed by atoms with Crippen LogP contribution >= 0.6 is 0 Å². The molecule has 1 amide bonds. The highest BCUT2D eigenvalue weighted by atomic mass is 16.5. The summed E-state index contributed by atoms with van der Waals surface area (Å²) in [5.41, 5.74) is 5.50. The Labute approximate surface area is 129 Å². The monoisotopic (exact) mass is 296 g/mol. The summed E-state index contributed by atoms with van der Waals surface area (Å²) in [6, 6.07) is 0.478. The highest BCUT2D eigenvalue weighted by molar-refractivity contribution is 5.76. The molecule has 2 rings (SSSR count). The van der Waals surface area contributed by atoms with Gasteiger partial charge in [-0.25, -0.2) is 0 Å². The fourth-order valence-corrected chi connectivity index (χ4v) is 3.60. The Morgan fingerprint density at radius 1 is 1.05 bits per heavy atom. The minimum atomic E-state index is 0.284. The molecule has 1 aliphatic carbocycles. The molecule has 1 aliphatic heterocycles. The molecule has 0 aromatic carbocycles. The van der Waals surface area contributed by atoms with E-state index in [4.69, 9.17) is 10.5 Å². The summed E-state index contributed by atoms with van der Waals surface area (Å²) >= 11 is 0. The Hall–Kier alpha value is -0.610. The van der Waals surface area contributed by atoms with Crippen LogP contribution in [-0.2, 0) is 9.53 Å². The third kappa shape index (κ3) is 5.59. The highest BCUT2D eigenvalue weighted by Crippen LogP contribution is 2.26. The molecule has 1 atom stereocenters. The molecule has 2 N–H and O–H groups in total. The standard InChI is InChI=1S/C17H32N2O2/c18-12-6-2-1-3-11-17(20)19(15-8-4-5-9-15)14-16-10-7-13-21-16/h15-16H,1-14,18H2. The first-order valence-corrected chi connectivity index (χ1v) is 8.92. The molecule has 0 spiro atoms. The molecule has 0 aromatic heterocycles. The smallest absolute Gasteiger partial charge is 0.222 e. The van der Waals surface area contributed by atoms with Crippen LogP contribution in [0.2, 0.25) is 0 Å². The van der Waals surface area contributed by atoms with Crippen molar-refractivity contribution in [3.05, 3.63) is 0 Å². The van der Waals surface area contributed by atoms with E-state index in [-0.39, 0.29) is 6.10 Å². The number of amides is 1. The van der Waals surface area contributed by atoms with E-state index in [1.807, 2.05) is 0 Å². The minimum absolute atomic E-state index is 0.284. The predicted molar refractivity (Wildman–Crippen MR) is 85.1 cm³/mol. The summed E-state index contributed by atoms with van der Waals surface area (Å²) < 4.78 is 5.74. The Morgan fingerprint density at radius 2 is 1.81 bits per heavy atom. The number of nitrogens with two attached hydrogens (primary N) is 1. The van der Waals surface area contributed by atoms with E-state index in [1.54, 1.807) is 0 Å². The van der Waals surface area contributed by atoms with Gasteiger partial charge in [-0.1, -0.05) is 25.7 Å². The van der Waals surface area contributed by atoms with Gasteiger partial charge in [0.1, 0.15) is 0 Å². The van der Waals surface area contributed by atoms with Gasteiger partial charge in [0.15, 0.2) is 0 Å². The third-order valence-corrected chi connectivity index (χ3v) is 4.85. The molecule has 1 saturated heterocycles. The predicted octanol–water partition coefficient (Wildman–Crippen LogP) is 2.85. The van der Waals surface area contributed by atoms with Crippen molar-refractivity contribution in [2.75, 3.05) is 19.7 Å². The summed E-state index contributed by atoms with van der Waals surface area (Å²) in [6.07, 6.45) is 12.5. The highest BCUT2D eigenvalue weighted by Gasteiger charge is 2.29. The van der Waals surface area contributed by atoms with Crippen molar-refractivity contribution in [2.24, 2.45) is 5.73 Å². The lowest BCUT2D eigenvalue weighted by Crippen LogP contribution is -2.43. The van der Waals surface area contributed by atoms with Crippen LogP contribution in [0.15, 0.2) is 0 Å². The minimum Gasteiger partial charge on any atom is -0.376 e. The van der Waals surface area contributed by atoms with Crippen LogP contribution in [0.3, 0.4) is 0 Å². The lowest BCUT2D eigenvalue weighted by Gasteiger charge is -2.31. The molecule has 4 nitrogen and oxygen atoms in total. The molecule has 2 fully saturated rings. The van der Waals surface area contributed by atoms with Gasteiger partial charge >= 0.3 is 0 Å². The molecule has 21 heavy (non-hydrogen) atoms. The molecular weight excluding hydrogens is 264 g/mol. The Balaban J connectivity index is 1.77. The van der Waals surface area contributed by atoms with Crippen molar-refractivity contribution in [2.45, 2.75) is 82.8 Å². The zero-order valence-electron chi connectivity index (χ0n) is 13.4. The molecular formula is C17H32N2O2. The van der Waals surface area contributed by atoms with E-state index in [1.165, 1.54) is 25.7 Å². The van der Waals surface area contributed by atoms with Crippen LogP contribution in [-0.4, -0.2) is 42.6 Å². The van der Waals surface area contributed by atoms with E-state index in [0.29, 0.717) is 18.4 Å². The summed E-state index contributed by atoms with van der Waals surface area (Å²) in [7, 11) is 0. The molecule has 1 saturated carbocycles. The molecule has 2 aliphatic rings. The van der Waals surface area contributed by atoms with Crippen LogP contribution in [0.25, 0.3) is 0 Å². The maximum atomic E-state index is 12.6. The largest absolute Gasteiger partial charge is 0.376 e. The first kappa shape index (κ1) is 16.8. The van der Waals surface area contributed by atoms with Crippen molar-refractivity contribution < 1.29 is 9.53 Å². The van der Waals surface area contributed by atoms with Crippen molar-refractivity contribution in [1.82, 2.24) is 4.90 Å². The van der Waals surface area contributed by atoms with Gasteiger partial charge < -0.3 is 15.4 Å². The number of carbonyl (C=O) groups excluding carboxylic acids is 1. The van der Waals surface area contributed by atoms with Gasteiger partial charge in [0.25, 0.3) is 0 Å². The lowest BCUT2D eigenvalue weighted by molar-refractivity contribution is -0.135. The molecule has 122 valence electrons. The zero-order valence-corrected chi connectivity index (χ0v) is 13.4. The second kappa shape index (κ2) is 9.42. The van der Waals surface area contributed by atoms with Crippen LogP contribution in [0.5, 0.6) is 0 Å². The van der Waals surface area contributed by atoms with Gasteiger partial charge in [-0.3, -0.25) is 4.79 Å². The average molecular weight is 296 g/mol. The maximum absolute atomic E-state index is 12.6. The molecule has 0 aromatic rings. The van der Waals surface area contributed by atoms with Crippen molar-refractivity contribution in [3.63, 3.8) is 0 Å². The summed E-state index contributed by atoms with van der Waals surface area (Å²) in [4.78, 5) is 14.8. The lowest BCUT2D eigenvalue weighted by atomic mass is 10.1. The van der Waals surface area contributed by atoms with E-state index >= 15 is 0 Å². The van der Waals surface area contributed by atoms with Crippen LogP contribution in [0, 0.1) is 0 Å². The first-order chi connectivity index (χ1) is 10.3. The number of carbonyl (C=O) groups is 1. The fraction of sp³-hybridized carbons (Fsp3) is 0.941. The second-order valence-electron chi connectivity index (χ2n) is 6.57. The number of nitrogens with zero attached hydrogens (tertiary/aromatic N) is 1. The molecule has 0 bridgehead atoms. The van der Waals surface area contributed by atoms with E-state index in [9.17, 15) is 4.79 Å². The Bertz CT molecular complexity index is 297. The maximum Gasteiger partial charge on any atom is 0.222 e. The summed E-state index contributed by atoms with van der Waals surface area (Å²) in [5, 5.41) is 0. The van der Waals surface area contributed by atoms with Crippen molar-refractivity contribution in [3.8, 4) is 0 Å². The number of unbranched alkanes of at least 4 members (excludes halogenated alkanes) is 3. The van der Waals surface area contributed by atoms with Crippen LogP contribution in [0.1, 0.15) is 70.6 Å². The molecule has 1 unspecified atom stereocenters. The van der Waals surface area contributed by atoms with E-state index in [2.05, 4.69) is 4.90 Å². The van der Waals surface area contributed by atoms with Crippen LogP contribution < -0.4 is 5.73 Å². The fourth-order valence-electron chi connectivity index (χ4n) is 3.60. The van der Waals surface area contributed by atoms with Gasteiger partial charge in [-0.2, -0.15) is 0 Å². The number of hydrogen-bond donors (Lipinski definition) is 1. The topological polar surface area (TPSA) is 55.6 Å². The van der Waals surface area contributed by atoms with Crippen molar-refractivity contribution in [1.29, 1.82) is 0 Å². The van der Waals surface area contributed by atoms with E-state index in [0.717, 1.165) is 58.2 Å². The van der Waals surface area contributed by atoms with Gasteiger partial charge in [-0.05, 0) is 45.1 Å². The van der Waals surface area contributed by atoms with E-state index < -0.39 is 0 Å². The third-order valence-electron chi connectivity index (χ3n) is 4.85. The number of hydrogen-bond acceptors (Lipinski definition) is 3. The van der Waals surface area contributed by atoms with Gasteiger partial charge in [0.05, 0.1) is 6.10 Å². The van der Waals surface area contributed by atoms with Gasteiger partial charge in [-0.15, -0.1) is 0 Å². The Morgan fingerprint density at radius 3 is 2.48 bits per heavy atom. The van der Waals surface area contributed by atoms with Crippen LogP contribution in [0.4, 0.5) is 0 Å². The zero-order chi connectivity index (χ0) is 14.9. The Kier molecular flexibility index (Phi) is 7.51. The molecule has 0 radical (unpaired) electrons. The molecule has 4 heteroatoms. The summed E-state index contributed by atoms with van der Waals surface area (Å²) in [5.74, 6) is 0.352. The quantitative estimate of drug-likeness (QED) is 0.666. The number of rotatable bonds is 9. The summed E-state index contributed by atoms with van der Waals surface area (Å²) in [6.45, 7) is 2.46.